The summed E-state index contributed by atoms with van der Waals surface area (Å²) >= 11 is 0. The Morgan fingerprint density at radius 3 is 2.42 bits per heavy atom. The highest BCUT2D eigenvalue weighted by molar-refractivity contribution is 5.85. The van der Waals surface area contributed by atoms with E-state index >= 15 is 0 Å². The maximum atomic E-state index is 13.7. The van der Waals surface area contributed by atoms with Gasteiger partial charge >= 0.3 is 5.97 Å². The third-order valence-electron chi connectivity index (χ3n) is 6.26. The normalized spacial score (nSPS) is 12.2. The minimum Gasteiger partial charge on any atom is -0.496 e. The zero-order chi connectivity index (χ0) is 27.4. The summed E-state index contributed by atoms with van der Waals surface area (Å²) in [5, 5.41) is 5.03. The van der Waals surface area contributed by atoms with Gasteiger partial charge in [0.05, 0.1) is 31.3 Å². The zero-order valence-corrected chi connectivity index (χ0v) is 22.4. The van der Waals surface area contributed by atoms with Crippen LogP contribution in [0.1, 0.15) is 43.4 Å². The first-order valence-electron chi connectivity index (χ1n) is 12.3. The Morgan fingerprint density at radius 2 is 1.71 bits per heavy atom. The molecule has 0 N–H and O–H groups in total. The number of hydrogen-bond acceptors (Lipinski definition) is 7. The molecule has 0 aliphatic rings. The van der Waals surface area contributed by atoms with E-state index in [4.69, 9.17) is 19.2 Å². The molecule has 0 bridgehead atoms. The number of aryl methyl sites for hydroxylation is 1. The van der Waals surface area contributed by atoms with Crippen molar-refractivity contribution in [2.24, 2.45) is 5.10 Å². The molecule has 4 rings (SSSR count). The monoisotopic (exact) mass is 513 g/mol. The predicted octanol–water partition coefficient (Wildman–Crippen LogP) is 5.33. The third kappa shape index (κ3) is 5.29. The fourth-order valence-corrected chi connectivity index (χ4v) is 4.19. The van der Waals surface area contributed by atoms with Crippen LogP contribution in [0, 0.1) is 6.92 Å². The molecule has 8 heteroatoms. The number of carbonyl (C=O) groups excluding carboxylic acids is 1. The lowest BCUT2D eigenvalue weighted by atomic mass is 9.96. The fraction of sp³-hybridized carbons (Fsp3) is 0.267. The molecule has 3 aromatic carbocycles. The van der Waals surface area contributed by atoms with Gasteiger partial charge in [-0.1, -0.05) is 38.1 Å². The van der Waals surface area contributed by atoms with Gasteiger partial charge in [0.1, 0.15) is 11.5 Å². The largest absolute Gasteiger partial charge is 0.496 e. The Labute approximate surface area is 221 Å². The average molecular weight is 514 g/mol. The van der Waals surface area contributed by atoms with Crippen molar-refractivity contribution in [3.8, 4) is 22.9 Å². The number of nitrogens with zero attached hydrogens (tertiary/aromatic N) is 3. The summed E-state index contributed by atoms with van der Waals surface area (Å²) in [6, 6.07) is 18.3. The van der Waals surface area contributed by atoms with Gasteiger partial charge in [0.2, 0.25) is 0 Å². The lowest BCUT2D eigenvalue weighted by Crippen LogP contribution is -2.25. The number of para-hydroxylation sites is 2. The van der Waals surface area contributed by atoms with Crippen molar-refractivity contribution >= 4 is 23.1 Å². The van der Waals surface area contributed by atoms with E-state index in [2.05, 4.69) is 18.9 Å². The van der Waals surface area contributed by atoms with Gasteiger partial charge in [0.15, 0.2) is 11.9 Å². The number of carbonyl (C=O) groups is 1. The smallest absolute Gasteiger partial charge is 0.346 e. The number of esters is 1. The topological polar surface area (TPSA) is 92.0 Å². The molecule has 0 saturated carbocycles. The Bertz CT molecular complexity index is 1570. The molecule has 0 aliphatic carbocycles. The molecular weight excluding hydrogens is 482 g/mol. The van der Waals surface area contributed by atoms with Crippen LogP contribution < -0.4 is 15.0 Å². The highest BCUT2D eigenvalue weighted by Crippen LogP contribution is 2.34. The van der Waals surface area contributed by atoms with E-state index < -0.39 is 12.1 Å². The molecule has 0 radical (unpaired) electrons. The van der Waals surface area contributed by atoms with E-state index in [0.29, 0.717) is 28.0 Å². The van der Waals surface area contributed by atoms with Crippen LogP contribution in [-0.4, -0.2) is 42.2 Å². The van der Waals surface area contributed by atoms with Crippen LogP contribution in [0.5, 0.6) is 11.5 Å². The maximum Gasteiger partial charge on any atom is 0.346 e. The van der Waals surface area contributed by atoms with Crippen LogP contribution in [0.25, 0.3) is 22.3 Å². The molecule has 0 fully saturated rings. The van der Waals surface area contributed by atoms with Gasteiger partial charge in [-0.3, -0.25) is 4.79 Å². The summed E-state index contributed by atoms with van der Waals surface area (Å²) in [6.07, 6.45) is 0.717. The van der Waals surface area contributed by atoms with Crippen molar-refractivity contribution < 1.29 is 19.0 Å². The highest BCUT2D eigenvalue weighted by Gasteiger charge is 2.19. The molecule has 0 amide bonds. The third-order valence-corrected chi connectivity index (χ3v) is 6.26. The number of aromatic nitrogens is 2. The molecule has 1 heterocycles. The van der Waals surface area contributed by atoms with Crippen molar-refractivity contribution in [2.45, 2.75) is 39.7 Å². The van der Waals surface area contributed by atoms with Gasteiger partial charge in [0, 0.05) is 11.1 Å². The summed E-state index contributed by atoms with van der Waals surface area (Å²) in [4.78, 5) is 30.4. The lowest BCUT2D eigenvalue weighted by Gasteiger charge is -2.17. The number of rotatable bonds is 8. The van der Waals surface area contributed by atoms with E-state index in [0.717, 1.165) is 22.4 Å². The minimum absolute atomic E-state index is 0.189. The van der Waals surface area contributed by atoms with Crippen LogP contribution in [0.2, 0.25) is 0 Å². The second-order valence-electron chi connectivity index (χ2n) is 9.20. The number of methoxy groups -OCH3 is 2. The first-order chi connectivity index (χ1) is 18.2. The zero-order valence-electron chi connectivity index (χ0n) is 22.4. The Hall–Kier alpha value is -4.46. The van der Waals surface area contributed by atoms with Gasteiger partial charge in [-0.05, 0) is 67.3 Å². The molecule has 38 heavy (non-hydrogen) atoms. The molecule has 1 aromatic heterocycles. The van der Waals surface area contributed by atoms with Gasteiger partial charge in [-0.2, -0.15) is 9.78 Å². The highest BCUT2D eigenvalue weighted by atomic mass is 16.6. The van der Waals surface area contributed by atoms with Gasteiger partial charge in [-0.25, -0.2) is 9.78 Å². The average Bonchev–Trinajstić information content (AvgIpc) is 2.92. The molecule has 0 spiro atoms. The predicted molar refractivity (Wildman–Crippen MR) is 148 cm³/mol. The lowest BCUT2D eigenvalue weighted by molar-refractivity contribution is -0.147. The Kier molecular flexibility index (Phi) is 7.90. The van der Waals surface area contributed by atoms with Crippen LogP contribution in [0.4, 0.5) is 0 Å². The molecule has 0 saturated heterocycles. The molecule has 0 aliphatic heterocycles. The number of ether oxygens (including phenoxy) is 3. The van der Waals surface area contributed by atoms with Crippen LogP contribution in [0.15, 0.2) is 70.6 Å². The Balaban J connectivity index is 1.90. The number of benzene rings is 3. The molecule has 1 atom stereocenters. The van der Waals surface area contributed by atoms with Gasteiger partial charge in [0.25, 0.3) is 5.56 Å². The summed E-state index contributed by atoms with van der Waals surface area (Å²) in [6.45, 7) is 7.73. The van der Waals surface area contributed by atoms with Crippen molar-refractivity contribution in [3.05, 3.63) is 87.7 Å². The van der Waals surface area contributed by atoms with Gasteiger partial charge < -0.3 is 14.2 Å². The Morgan fingerprint density at radius 1 is 1.00 bits per heavy atom. The fourth-order valence-electron chi connectivity index (χ4n) is 4.19. The summed E-state index contributed by atoms with van der Waals surface area (Å²) in [5.41, 5.74) is 3.54. The maximum absolute atomic E-state index is 13.7. The van der Waals surface area contributed by atoms with E-state index in [-0.39, 0.29) is 11.5 Å². The van der Waals surface area contributed by atoms with E-state index in [1.807, 2.05) is 37.3 Å². The van der Waals surface area contributed by atoms with E-state index in [1.165, 1.54) is 18.0 Å². The molecule has 0 unspecified atom stereocenters. The van der Waals surface area contributed by atoms with Crippen molar-refractivity contribution in [3.63, 3.8) is 0 Å². The van der Waals surface area contributed by atoms with Gasteiger partial charge in [-0.15, -0.1) is 0 Å². The van der Waals surface area contributed by atoms with Crippen LogP contribution in [0.3, 0.4) is 0 Å². The molecule has 196 valence electrons. The van der Waals surface area contributed by atoms with Crippen LogP contribution >= 0.6 is 0 Å². The SMILES string of the molecule is COC(=O)[C@@H](C)Oc1ccccc1C=Nn1c(-c2cc(C(C)C)c(OC)cc2C)nc2ccccc2c1=O. The number of hydrogen-bond donors (Lipinski definition) is 0. The summed E-state index contributed by atoms with van der Waals surface area (Å²) in [5.74, 6) is 1.32. The quantitative estimate of drug-likeness (QED) is 0.234. The standard InChI is InChI=1S/C30H31N3O5/c1-18(2)23-16-24(19(3)15-27(23)36-5)28-32-25-13-9-8-12-22(25)29(34)33(28)31-17-21-11-7-10-14-26(21)38-20(4)30(35)37-6/h7-18,20H,1-6H3/t20-/m1/s1. The second-order valence-corrected chi connectivity index (χ2v) is 9.20. The molecule has 8 nitrogen and oxygen atoms in total. The van der Waals surface area contributed by atoms with E-state index in [1.54, 1.807) is 44.4 Å². The van der Waals surface area contributed by atoms with Crippen molar-refractivity contribution in [1.82, 2.24) is 9.66 Å². The van der Waals surface area contributed by atoms with Crippen molar-refractivity contribution in [2.75, 3.05) is 14.2 Å². The molecular formula is C30H31N3O5. The summed E-state index contributed by atoms with van der Waals surface area (Å²) < 4.78 is 17.5. The molecule has 4 aromatic rings. The second kappa shape index (κ2) is 11.3. The summed E-state index contributed by atoms with van der Waals surface area (Å²) in [7, 11) is 2.96. The first-order valence-corrected chi connectivity index (χ1v) is 12.3. The minimum atomic E-state index is -0.813. The van der Waals surface area contributed by atoms with E-state index in [9.17, 15) is 9.59 Å². The first kappa shape index (κ1) is 26.6. The van der Waals surface area contributed by atoms with Crippen LogP contribution in [-0.2, 0) is 9.53 Å². The number of fused-ring (bicyclic) bond motifs is 1. The van der Waals surface area contributed by atoms with Crippen molar-refractivity contribution in [1.29, 1.82) is 0 Å².